The third-order valence-electron chi connectivity index (χ3n) is 2.19. The lowest BCUT2D eigenvalue weighted by Gasteiger charge is -2.14. The van der Waals surface area contributed by atoms with Gasteiger partial charge in [-0.1, -0.05) is 0 Å². The van der Waals surface area contributed by atoms with Gasteiger partial charge in [0.05, 0.1) is 20.8 Å². The fraction of sp³-hybridized carbons (Fsp3) is 0.308. The Morgan fingerprint density at radius 2 is 1.83 bits per heavy atom. The molecular formula is C13H16O5. The lowest BCUT2D eigenvalue weighted by Crippen LogP contribution is -1.99. The molecule has 0 aliphatic rings. The number of carbonyl (C=O) groups is 1. The molecule has 1 aromatic carbocycles. The second-order valence-electron chi connectivity index (χ2n) is 3.36. The first-order valence-corrected chi connectivity index (χ1v) is 5.42. The van der Waals surface area contributed by atoms with E-state index in [2.05, 4.69) is 0 Å². The molecule has 1 rings (SSSR count). The average Bonchev–Trinajstić information content (AvgIpc) is 2.37. The molecule has 5 nitrogen and oxygen atoms in total. The maximum absolute atomic E-state index is 10.5. The van der Waals surface area contributed by atoms with Crippen LogP contribution in [0.1, 0.15) is 12.5 Å². The van der Waals surface area contributed by atoms with Gasteiger partial charge in [0.1, 0.15) is 0 Å². The van der Waals surface area contributed by atoms with Gasteiger partial charge in [0, 0.05) is 6.08 Å². The van der Waals surface area contributed by atoms with Gasteiger partial charge < -0.3 is 19.3 Å². The van der Waals surface area contributed by atoms with Gasteiger partial charge in [0.25, 0.3) is 0 Å². The van der Waals surface area contributed by atoms with Crippen LogP contribution in [0.25, 0.3) is 6.08 Å². The van der Waals surface area contributed by atoms with E-state index in [1.54, 1.807) is 12.1 Å². The highest BCUT2D eigenvalue weighted by Gasteiger charge is 2.12. The number of methoxy groups -OCH3 is 2. The third-order valence-corrected chi connectivity index (χ3v) is 2.19. The topological polar surface area (TPSA) is 65.0 Å². The zero-order chi connectivity index (χ0) is 13.5. The highest BCUT2D eigenvalue weighted by Crippen LogP contribution is 2.38. The summed E-state index contributed by atoms with van der Waals surface area (Å²) in [7, 11) is 3.03. The van der Waals surface area contributed by atoms with Gasteiger partial charge in [-0.05, 0) is 30.7 Å². The van der Waals surface area contributed by atoms with Gasteiger partial charge in [-0.3, -0.25) is 0 Å². The number of carboxylic acid groups (broad SMARTS) is 1. The van der Waals surface area contributed by atoms with E-state index in [9.17, 15) is 4.79 Å². The lowest BCUT2D eigenvalue weighted by molar-refractivity contribution is -0.131. The molecule has 0 fully saturated rings. The normalized spacial score (nSPS) is 10.4. The summed E-state index contributed by atoms with van der Waals surface area (Å²) in [6.07, 6.45) is 2.51. The third kappa shape index (κ3) is 3.41. The molecule has 1 aromatic rings. The van der Waals surface area contributed by atoms with Crippen molar-refractivity contribution in [2.75, 3.05) is 20.8 Å². The van der Waals surface area contributed by atoms with Crippen LogP contribution in [0.3, 0.4) is 0 Å². The first kappa shape index (κ1) is 13.9. The Kier molecular flexibility index (Phi) is 5.05. The Morgan fingerprint density at radius 1 is 1.28 bits per heavy atom. The van der Waals surface area contributed by atoms with Crippen LogP contribution in [0.4, 0.5) is 0 Å². The van der Waals surface area contributed by atoms with E-state index in [-0.39, 0.29) is 0 Å². The molecule has 18 heavy (non-hydrogen) atoms. The Morgan fingerprint density at radius 3 is 2.22 bits per heavy atom. The SMILES string of the molecule is CCOc1c(OC)cc(/C=C/C(=O)O)cc1OC. The van der Waals surface area contributed by atoms with Crippen LogP contribution in [0, 0.1) is 0 Å². The van der Waals surface area contributed by atoms with Gasteiger partial charge in [-0.2, -0.15) is 0 Å². The van der Waals surface area contributed by atoms with Crippen molar-refractivity contribution in [3.05, 3.63) is 23.8 Å². The van der Waals surface area contributed by atoms with Crippen LogP contribution in [0.2, 0.25) is 0 Å². The van der Waals surface area contributed by atoms with Crippen LogP contribution in [0.15, 0.2) is 18.2 Å². The Balaban J connectivity index is 3.21. The molecule has 0 saturated heterocycles. The van der Waals surface area contributed by atoms with Crippen LogP contribution in [-0.4, -0.2) is 31.9 Å². The fourth-order valence-corrected chi connectivity index (χ4v) is 1.45. The van der Waals surface area contributed by atoms with Crippen molar-refractivity contribution in [3.8, 4) is 17.2 Å². The predicted octanol–water partition coefficient (Wildman–Crippen LogP) is 2.20. The molecular weight excluding hydrogens is 236 g/mol. The van der Waals surface area contributed by atoms with Gasteiger partial charge in [-0.15, -0.1) is 0 Å². The highest BCUT2D eigenvalue weighted by atomic mass is 16.5. The smallest absolute Gasteiger partial charge is 0.328 e. The summed E-state index contributed by atoms with van der Waals surface area (Å²) < 4.78 is 15.8. The standard InChI is InChI=1S/C13H16O5/c1-4-18-13-10(16-2)7-9(5-6-12(14)15)8-11(13)17-3/h5-8H,4H2,1-3H3,(H,14,15)/b6-5+. The molecule has 98 valence electrons. The van der Waals surface area contributed by atoms with E-state index in [0.29, 0.717) is 29.4 Å². The van der Waals surface area contributed by atoms with E-state index in [1.807, 2.05) is 6.92 Å². The molecule has 0 heterocycles. The van der Waals surface area contributed by atoms with Gasteiger partial charge in [-0.25, -0.2) is 4.79 Å². The molecule has 5 heteroatoms. The van der Waals surface area contributed by atoms with Crippen molar-refractivity contribution >= 4 is 12.0 Å². The minimum atomic E-state index is -1.01. The number of rotatable bonds is 6. The fourth-order valence-electron chi connectivity index (χ4n) is 1.45. The Bertz CT molecular complexity index is 426. The first-order valence-electron chi connectivity index (χ1n) is 5.42. The maximum Gasteiger partial charge on any atom is 0.328 e. The number of hydrogen-bond acceptors (Lipinski definition) is 4. The second-order valence-corrected chi connectivity index (χ2v) is 3.36. The largest absolute Gasteiger partial charge is 0.493 e. The summed E-state index contributed by atoms with van der Waals surface area (Å²) >= 11 is 0. The monoisotopic (exact) mass is 252 g/mol. The van der Waals surface area contributed by atoms with E-state index < -0.39 is 5.97 Å². The van der Waals surface area contributed by atoms with Crippen molar-refractivity contribution < 1.29 is 24.1 Å². The zero-order valence-electron chi connectivity index (χ0n) is 10.6. The number of aliphatic carboxylic acids is 1. The van der Waals surface area contributed by atoms with Crippen LogP contribution in [0.5, 0.6) is 17.2 Å². The number of carboxylic acids is 1. The summed E-state index contributed by atoms with van der Waals surface area (Å²) in [5.41, 5.74) is 0.662. The van der Waals surface area contributed by atoms with Crippen molar-refractivity contribution in [1.29, 1.82) is 0 Å². The quantitative estimate of drug-likeness (QED) is 0.786. The van der Waals surface area contributed by atoms with Crippen LogP contribution in [-0.2, 0) is 4.79 Å². The molecule has 0 aliphatic carbocycles. The molecule has 0 bridgehead atoms. The molecule has 0 amide bonds. The van der Waals surface area contributed by atoms with Crippen LogP contribution < -0.4 is 14.2 Å². The summed E-state index contributed by atoms with van der Waals surface area (Å²) in [4.78, 5) is 10.5. The molecule has 1 N–H and O–H groups in total. The van der Waals surface area contributed by atoms with E-state index in [1.165, 1.54) is 20.3 Å². The molecule has 0 aliphatic heterocycles. The van der Waals surface area contributed by atoms with Crippen molar-refractivity contribution in [2.24, 2.45) is 0 Å². The summed E-state index contributed by atoms with van der Waals surface area (Å²) in [6.45, 7) is 2.34. The lowest BCUT2D eigenvalue weighted by atomic mass is 10.1. The molecule has 0 radical (unpaired) electrons. The molecule has 0 atom stereocenters. The van der Waals surface area contributed by atoms with Crippen molar-refractivity contribution in [3.63, 3.8) is 0 Å². The minimum Gasteiger partial charge on any atom is -0.493 e. The van der Waals surface area contributed by atoms with E-state index in [4.69, 9.17) is 19.3 Å². The van der Waals surface area contributed by atoms with Gasteiger partial charge >= 0.3 is 5.97 Å². The predicted molar refractivity (Wildman–Crippen MR) is 67.4 cm³/mol. The molecule has 0 unspecified atom stereocenters. The van der Waals surface area contributed by atoms with Crippen molar-refractivity contribution in [2.45, 2.75) is 6.92 Å². The first-order chi connectivity index (χ1) is 8.62. The maximum atomic E-state index is 10.5. The summed E-state index contributed by atoms with van der Waals surface area (Å²) in [5.74, 6) is 0.499. The van der Waals surface area contributed by atoms with Gasteiger partial charge in [0.2, 0.25) is 5.75 Å². The molecule has 0 aromatic heterocycles. The summed E-state index contributed by atoms with van der Waals surface area (Å²) in [5, 5.41) is 8.59. The average molecular weight is 252 g/mol. The van der Waals surface area contributed by atoms with Crippen molar-refractivity contribution in [1.82, 2.24) is 0 Å². The number of benzene rings is 1. The van der Waals surface area contributed by atoms with E-state index >= 15 is 0 Å². The minimum absolute atomic E-state index is 0.483. The van der Waals surface area contributed by atoms with Crippen LogP contribution >= 0.6 is 0 Å². The second kappa shape index (κ2) is 6.54. The Labute approximate surface area is 106 Å². The summed E-state index contributed by atoms with van der Waals surface area (Å²) in [6, 6.07) is 3.37. The highest BCUT2D eigenvalue weighted by molar-refractivity contribution is 5.85. The number of ether oxygens (including phenoxy) is 3. The number of hydrogen-bond donors (Lipinski definition) is 1. The molecule has 0 saturated carbocycles. The Hall–Kier alpha value is -2.17. The van der Waals surface area contributed by atoms with E-state index in [0.717, 1.165) is 6.08 Å². The van der Waals surface area contributed by atoms with Gasteiger partial charge in [0.15, 0.2) is 11.5 Å². The molecule has 0 spiro atoms. The zero-order valence-corrected chi connectivity index (χ0v) is 10.6.